The Kier molecular flexibility index (Phi) is 6.31. The summed E-state index contributed by atoms with van der Waals surface area (Å²) in [6.45, 7) is 0.523. The molecule has 23 heavy (non-hydrogen) atoms. The molecule has 1 atom stereocenters. The van der Waals surface area contributed by atoms with Gasteiger partial charge in [-0.25, -0.2) is 0 Å². The number of nitrogens with one attached hydrogen (secondary N) is 1. The van der Waals surface area contributed by atoms with E-state index in [2.05, 4.69) is 19.1 Å². The summed E-state index contributed by atoms with van der Waals surface area (Å²) in [4.78, 5) is 5.65. The maximum atomic E-state index is 9.95. The van der Waals surface area contributed by atoms with Gasteiger partial charge in [0.1, 0.15) is 11.8 Å². The maximum absolute atomic E-state index is 9.95. The predicted molar refractivity (Wildman–Crippen MR) is 97.6 cm³/mol. The Morgan fingerprint density at radius 3 is 2.48 bits per heavy atom. The first kappa shape index (κ1) is 18.1. The van der Waals surface area contributed by atoms with Gasteiger partial charge < -0.3 is 10.0 Å². The first-order valence-electron chi connectivity index (χ1n) is 7.12. The minimum atomic E-state index is -0.0219. The number of quaternary nitrogens is 1. The molecule has 0 bridgehead atoms. The third-order valence-electron chi connectivity index (χ3n) is 3.55. The van der Waals surface area contributed by atoms with Gasteiger partial charge in [-0.2, -0.15) is 0 Å². The molecule has 6 heteroatoms. The molecule has 2 N–H and O–H groups in total. The van der Waals surface area contributed by atoms with E-state index >= 15 is 0 Å². The van der Waals surface area contributed by atoms with Crippen molar-refractivity contribution >= 4 is 41.0 Å². The van der Waals surface area contributed by atoms with Crippen molar-refractivity contribution in [3.63, 3.8) is 0 Å². The Hall–Kier alpha value is -1.26. The standard InChI is InChI=1S/C17H17Cl3N2O/c1-22(2)16(13-5-3-4-6-14(13)19)10-21-9-11-7-12(18)8-15(20)17(11)23/h3-9,16,23H,10H2,1-2H3/p+1/t16-/m0/s1. The van der Waals surface area contributed by atoms with Gasteiger partial charge in [0.15, 0.2) is 0 Å². The molecule has 0 radical (unpaired) electrons. The molecule has 0 unspecified atom stereocenters. The SMILES string of the molecule is C[NH+](C)[C@@H](CN=Cc1cc(Cl)cc(Cl)c1O)c1ccccc1Cl. The number of phenols is 1. The van der Waals surface area contributed by atoms with Gasteiger partial charge in [0.05, 0.1) is 25.7 Å². The second kappa shape index (κ2) is 8.02. The minimum absolute atomic E-state index is 0.0219. The number of benzene rings is 2. The Bertz CT molecular complexity index is 717. The molecular formula is C17H18Cl3N2O+. The summed E-state index contributed by atoms with van der Waals surface area (Å²) in [5, 5.41) is 11.3. The molecule has 0 aliphatic heterocycles. The van der Waals surface area contributed by atoms with Crippen LogP contribution in [-0.2, 0) is 0 Å². The van der Waals surface area contributed by atoms with Gasteiger partial charge in [0.25, 0.3) is 0 Å². The Balaban J connectivity index is 2.22. The largest absolute Gasteiger partial charge is 0.506 e. The van der Waals surface area contributed by atoms with E-state index in [9.17, 15) is 5.11 Å². The van der Waals surface area contributed by atoms with Crippen molar-refractivity contribution < 1.29 is 10.0 Å². The van der Waals surface area contributed by atoms with Gasteiger partial charge in [0, 0.05) is 27.4 Å². The molecule has 2 aromatic rings. The quantitative estimate of drug-likeness (QED) is 0.772. The first-order chi connectivity index (χ1) is 10.9. The van der Waals surface area contributed by atoms with Gasteiger partial charge in [0.2, 0.25) is 0 Å². The topological polar surface area (TPSA) is 37.0 Å². The lowest BCUT2D eigenvalue weighted by atomic mass is 10.1. The molecule has 0 saturated carbocycles. The highest BCUT2D eigenvalue weighted by atomic mass is 35.5. The van der Waals surface area contributed by atoms with Crippen LogP contribution in [0.25, 0.3) is 0 Å². The molecule has 0 heterocycles. The molecule has 2 aromatic carbocycles. The summed E-state index contributed by atoms with van der Waals surface area (Å²) in [6.07, 6.45) is 1.58. The smallest absolute Gasteiger partial charge is 0.143 e. The zero-order valence-electron chi connectivity index (χ0n) is 12.9. The molecule has 0 aliphatic carbocycles. The molecule has 0 fully saturated rings. The highest BCUT2D eigenvalue weighted by molar-refractivity contribution is 6.36. The van der Waals surface area contributed by atoms with Crippen molar-refractivity contribution in [1.82, 2.24) is 0 Å². The van der Waals surface area contributed by atoms with Crippen LogP contribution >= 0.6 is 34.8 Å². The van der Waals surface area contributed by atoms with E-state index in [-0.39, 0.29) is 16.8 Å². The third kappa shape index (κ3) is 4.61. The number of hydrogen-bond donors (Lipinski definition) is 2. The van der Waals surface area contributed by atoms with Crippen molar-refractivity contribution in [2.45, 2.75) is 6.04 Å². The predicted octanol–water partition coefficient (Wildman–Crippen LogP) is 3.66. The lowest BCUT2D eigenvalue weighted by molar-refractivity contribution is -0.890. The highest BCUT2D eigenvalue weighted by Crippen LogP contribution is 2.30. The molecule has 0 aromatic heterocycles. The monoisotopic (exact) mass is 371 g/mol. The average Bonchev–Trinajstić information content (AvgIpc) is 2.49. The number of nitrogens with zero attached hydrogens (tertiary/aromatic N) is 1. The summed E-state index contributed by atoms with van der Waals surface area (Å²) >= 11 is 18.1. The molecule has 3 nitrogen and oxygen atoms in total. The van der Waals surface area contributed by atoms with Crippen molar-refractivity contribution in [1.29, 1.82) is 0 Å². The zero-order valence-corrected chi connectivity index (χ0v) is 15.1. The molecule has 2 rings (SSSR count). The number of likely N-dealkylation sites (N-methyl/N-ethyl adjacent to an activating group) is 1. The minimum Gasteiger partial charge on any atom is -0.506 e. The number of aromatic hydroxyl groups is 1. The van der Waals surface area contributed by atoms with Gasteiger partial charge in [-0.1, -0.05) is 53.0 Å². The van der Waals surface area contributed by atoms with Crippen LogP contribution in [0.3, 0.4) is 0 Å². The lowest BCUT2D eigenvalue weighted by Crippen LogP contribution is -3.06. The summed E-state index contributed by atoms with van der Waals surface area (Å²) in [5.41, 5.74) is 1.54. The van der Waals surface area contributed by atoms with E-state index in [4.69, 9.17) is 34.8 Å². The van der Waals surface area contributed by atoms with E-state index < -0.39 is 0 Å². The molecular weight excluding hydrogens is 355 g/mol. The molecule has 0 amide bonds. The van der Waals surface area contributed by atoms with Crippen molar-refractivity contribution in [3.8, 4) is 5.75 Å². The number of phenolic OH excluding ortho intramolecular Hbond substituents is 1. The van der Waals surface area contributed by atoms with Gasteiger partial charge in [-0.05, 0) is 18.2 Å². The van der Waals surface area contributed by atoms with Crippen LogP contribution in [0.4, 0.5) is 0 Å². The number of aliphatic imine (C=N–C) groups is 1. The Morgan fingerprint density at radius 1 is 1.13 bits per heavy atom. The first-order valence-corrected chi connectivity index (χ1v) is 8.26. The van der Waals surface area contributed by atoms with Crippen LogP contribution in [0.2, 0.25) is 15.1 Å². The number of halogens is 3. The van der Waals surface area contributed by atoms with E-state index in [1.165, 1.54) is 11.0 Å². The van der Waals surface area contributed by atoms with Crippen LogP contribution < -0.4 is 4.90 Å². The summed E-state index contributed by atoms with van der Waals surface area (Å²) in [7, 11) is 4.11. The summed E-state index contributed by atoms with van der Waals surface area (Å²) in [6, 6.07) is 11.0. The van der Waals surface area contributed by atoms with E-state index in [1.54, 1.807) is 12.3 Å². The molecule has 0 aliphatic rings. The van der Waals surface area contributed by atoms with Crippen molar-refractivity contribution in [2.24, 2.45) is 4.99 Å². The number of rotatable bonds is 5. The van der Waals surface area contributed by atoms with Crippen LogP contribution in [0, 0.1) is 0 Å². The summed E-state index contributed by atoms with van der Waals surface area (Å²) < 4.78 is 0. The van der Waals surface area contributed by atoms with Gasteiger partial charge in [-0.3, -0.25) is 4.99 Å². The van der Waals surface area contributed by atoms with E-state index in [1.807, 2.05) is 24.3 Å². The van der Waals surface area contributed by atoms with Gasteiger partial charge in [-0.15, -0.1) is 0 Å². The number of hydrogen-bond acceptors (Lipinski definition) is 2. The average molecular weight is 373 g/mol. The highest BCUT2D eigenvalue weighted by Gasteiger charge is 2.19. The second-order valence-electron chi connectivity index (χ2n) is 5.47. The van der Waals surface area contributed by atoms with Crippen LogP contribution in [0.15, 0.2) is 41.4 Å². The van der Waals surface area contributed by atoms with Crippen LogP contribution in [0.1, 0.15) is 17.2 Å². The van der Waals surface area contributed by atoms with E-state index in [0.717, 1.165) is 10.6 Å². The Morgan fingerprint density at radius 2 is 1.83 bits per heavy atom. The van der Waals surface area contributed by atoms with Crippen LogP contribution in [-0.4, -0.2) is 32.0 Å². The molecule has 122 valence electrons. The molecule has 0 saturated heterocycles. The lowest BCUT2D eigenvalue weighted by Gasteiger charge is -2.21. The fraction of sp³-hybridized carbons (Fsp3) is 0.235. The van der Waals surface area contributed by atoms with E-state index in [0.29, 0.717) is 17.1 Å². The van der Waals surface area contributed by atoms with Gasteiger partial charge >= 0.3 is 0 Å². The van der Waals surface area contributed by atoms with Crippen LogP contribution in [0.5, 0.6) is 5.75 Å². The fourth-order valence-corrected chi connectivity index (χ4v) is 3.07. The van der Waals surface area contributed by atoms with Crippen molar-refractivity contribution in [2.75, 3.05) is 20.6 Å². The zero-order chi connectivity index (χ0) is 17.0. The normalized spacial score (nSPS) is 13.0. The Labute approximate surface area is 151 Å². The fourth-order valence-electron chi connectivity index (χ4n) is 2.29. The second-order valence-corrected chi connectivity index (χ2v) is 6.72. The maximum Gasteiger partial charge on any atom is 0.143 e. The molecule has 0 spiro atoms. The summed E-state index contributed by atoms with van der Waals surface area (Å²) in [5.74, 6) is -0.0219. The van der Waals surface area contributed by atoms with Crippen molar-refractivity contribution in [3.05, 3.63) is 62.6 Å². The third-order valence-corrected chi connectivity index (χ3v) is 4.40.